The Hall–Kier alpha value is -2.52. The zero-order valence-electron chi connectivity index (χ0n) is 14.3. The van der Waals surface area contributed by atoms with E-state index in [1.807, 2.05) is 61.5 Å². The molecule has 0 heterocycles. The Morgan fingerprint density at radius 3 is 2.60 bits per heavy atom. The first-order valence-electron chi connectivity index (χ1n) is 8.16. The van der Waals surface area contributed by atoms with Crippen LogP contribution in [-0.4, -0.2) is 13.0 Å². The monoisotopic (exact) mass is 353 g/mol. The Balaban J connectivity index is 1.72. The van der Waals surface area contributed by atoms with Crippen molar-refractivity contribution in [3.63, 3.8) is 0 Å². The number of halogens is 1. The summed E-state index contributed by atoms with van der Waals surface area (Å²) in [6.07, 6.45) is 0. The number of carbonyl (C=O) groups excluding carboxylic acids is 1. The molecule has 3 aromatic carbocycles. The van der Waals surface area contributed by atoms with E-state index in [0.717, 1.165) is 27.6 Å². The van der Waals surface area contributed by atoms with E-state index in [1.54, 1.807) is 7.11 Å². The highest BCUT2D eigenvalue weighted by Gasteiger charge is 2.15. The highest BCUT2D eigenvalue weighted by Crippen LogP contribution is 2.25. The molecule has 3 rings (SSSR count). The Labute approximate surface area is 152 Å². The van der Waals surface area contributed by atoms with E-state index in [1.165, 1.54) is 0 Å². The fourth-order valence-corrected chi connectivity index (χ4v) is 2.99. The van der Waals surface area contributed by atoms with E-state index in [2.05, 4.69) is 11.4 Å². The van der Waals surface area contributed by atoms with Gasteiger partial charge in [0.1, 0.15) is 5.75 Å². The van der Waals surface area contributed by atoms with E-state index in [9.17, 15) is 4.79 Å². The highest BCUT2D eigenvalue weighted by atomic mass is 35.5. The molecular weight excluding hydrogens is 334 g/mol. The molecule has 0 aliphatic heterocycles. The summed E-state index contributed by atoms with van der Waals surface area (Å²) in [7, 11) is 1.65. The van der Waals surface area contributed by atoms with Gasteiger partial charge in [0.25, 0.3) is 0 Å². The maximum Gasteiger partial charge on any atom is 0.227 e. The topological polar surface area (TPSA) is 38.3 Å². The number of benzene rings is 3. The minimum absolute atomic E-state index is 0.00663. The van der Waals surface area contributed by atoms with Crippen molar-refractivity contribution in [2.45, 2.75) is 19.4 Å². The van der Waals surface area contributed by atoms with Gasteiger partial charge in [0.05, 0.1) is 13.0 Å². The molecule has 0 bridgehead atoms. The first kappa shape index (κ1) is 17.3. The maximum atomic E-state index is 12.5. The summed E-state index contributed by atoms with van der Waals surface area (Å²) in [5, 5.41) is 5.83. The molecule has 1 atom stereocenters. The van der Waals surface area contributed by atoms with Gasteiger partial charge in [0, 0.05) is 11.6 Å². The Morgan fingerprint density at radius 2 is 1.84 bits per heavy atom. The van der Waals surface area contributed by atoms with Gasteiger partial charge in [-0.15, -0.1) is 0 Å². The SMILES string of the molecule is COc1ccc2cc(C(C)C(=O)NCc3cccc(Cl)c3)ccc2c1. The number of rotatable bonds is 5. The first-order chi connectivity index (χ1) is 12.1. The lowest BCUT2D eigenvalue weighted by Crippen LogP contribution is -2.27. The number of carbonyl (C=O) groups is 1. The third kappa shape index (κ3) is 4.12. The molecule has 1 amide bonds. The fraction of sp³-hybridized carbons (Fsp3) is 0.190. The van der Waals surface area contributed by atoms with Crippen molar-refractivity contribution in [3.8, 4) is 5.75 Å². The summed E-state index contributed by atoms with van der Waals surface area (Å²) in [4.78, 5) is 12.5. The molecular formula is C21H20ClNO2. The van der Waals surface area contributed by atoms with Crippen LogP contribution in [0.15, 0.2) is 60.7 Å². The van der Waals surface area contributed by atoms with Crippen molar-refractivity contribution in [2.75, 3.05) is 7.11 Å². The van der Waals surface area contributed by atoms with E-state index >= 15 is 0 Å². The van der Waals surface area contributed by atoms with Gasteiger partial charge >= 0.3 is 0 Å². The molecule has 0 aromatic heterocycles. The lowest BCUT2D eigenvalue weighted by molar-refractivity contribution is -0.122. The lowest BCUT2D eigenvalue weighted by atomic mass is 9.97. The first-order valence-corrected chi connectivity index (χ1v) is 8.54. The molecule has 0 spiro atoms. The summed E-state index contributed by atoms with van der Waals surface area (Å²) < 4.78 is 5.25. The maximum absolute atomic E-state index is 12.5. The minimum atomic E-state index is -0.231. The molecule has 0 aliphatic rings. The Bertz CT molecular complexity index is 907. The summed E-state index contributed by atoms with van der Waals surface area (Å²) >= 11 is 5.97. The van der Waals surface area contributed by atoms with Crippen molar-refractivity contribution in [3.05, 3.63) is 76.8 Å². The van der Waals surface area contributed by atoms with Crippen LogP contribution in [0.2, 0.25) is 5.02 Å². The normalized spacial score (nSPS) is 12.0. The van der Waals surface area contributed by atoms with Gasteiger partial charge in [-0.3, -0.25) is 4.79 Å². The van der Waals surface area contributed by atoms with Gasteiger partial charge in [-0.2, -0.15) is 0 Å². The molecule has 0 aliphatic carbocycles. The van der Waals surface area contributed by atoms with Crippen molar-refractivity contribution in [2.24, 2.45) is 0 Å². The van der Waals surface area contributed by atoms with Crippen LogP contribution in [0, 0.1) is 0 Å². The molecule has 0 saturated carbocycles. The summed E-state index contributed by atoms with van der Waals surface area (Å²) in [6.45, 7) is 2.38. The molecule has 4 heteroatoms. The van der Waals surface area contributed by atoms with Crippen LogP contribution in [0.1, 0.15) is 24.0 Å². The van der Waals surface area contributed by atoms with Crippen LogP contribution >= 0.6 is 11.6 Å². The molecule has 1 N–H and O–H groups in total. The Morgan fingerprint density at radius 1 is 1.08 bits per heavy atom. The standard InChI is InChI=1S/C21H20ClNO2/c1-14(21(24)23-13-15-4-3-5-19(22)10-15)16-6-7-18-12-20(25-2)9-8-17(18)11-16/h3-12,14H,13H2,1-2H3,(H,23,24). The van der Waals surface area contributed by atoms with Crippen molar-refractivity contribution >= 4 is 28.3 Å². The fourth-order valence-electron chi connectivity index (χ4n) is 2.78. The molecule has 25 heavy (non-hydrogen) atoms. The number of methoxy groups -OCH3 is 1. The van der Waals surface area contributed by atoms with Crippen LogP contribution in [-0.2, 0) is 11.3 Å². The second-order valence-electron chi connectivity index (χ2n) is 6.04. The smallest absolute Gasteiger partial charge is 0.227 e. The van der Waals surface area contributed by atoms with Gasteiger partial charge in [-0.05, 0) is 53.1 Å². The van der Waals surface area contributed by atoms with Crippen LogP contribution in [0.5, 0.6) is 5.75 Å². The molecule has 1 unspecified atom stereocenters. The molecule has 128 valence electrons. The zero-order chi connectivity index (χ0) is 17.8. The van der Waals surface area contributed by atoms with Gasteiger partial charge in [-0.1, -0.05) is 48.0 Å². The number of nitrogens with one attached hydrogen (secondary N) is 1. The third-order valence-corrected chi connectivity index (χ3v) is 4.56. The van der Waals surface area contributed by atoms with E-state index < -0.39 is 0 Å². The average molecular weight is 354 g/mol. The highest BCUT2D eigenvalue weighted by molar-refractivity contribution is 6.30. The Kier molecular flexibility index (Phi) is 5.25. The summed E-state index contributed by atoms with van der Waals surface area (Å²) in [5.41, 5.74) is 1.97. The van der Waals surface area contributed by atoms with Crippen LogP contribution in [0.4, 0.5) is 0 Å². The summed E-state index contributed by atoms with van der Waals surface area (Å²) in [5.74, 6) is 0.589. The molecule has 0 saturated heterocycles. The van der Waals surface area contributed by atoms with E-state index in [-0.39, 0.29) is 11.8 Å². The third-order valence-electron chi connectivity index (χ3n) is 4.32. The summed E-state index contributed by atoms with van der Waals surface area (Å²) in [6, 6.07) is 19.5. The van der Waals surface area contributed by atoms with Crippen molar-refractivity contribution in [1.29, 1.82) is 0 Å². The van der Waals surface area contributed by atoms with Gasteiger partial charge in [0.15, 0.2) is 0 Å². The van der Waals surface area contributed by atoms with Crippen LogP contribution in [0.25, 0.3) is 10.8 Å². The largest absolute Gasteiger partial charge is 0.497 e. The zero-order valence-corrected chi connectivity index (χ0v) is 15.0. The van der Waals surface area contributed by atoms with Crippen LogP contribution in [0.3, 0.4) is 0 Å². The predicted molar refractivity (Wildman–Crippen MR) is 102 cm³/mol. The molecule has 3 aromatic rings. The molecule has 0 radical (unpaired) electrons. The van der Waals surface area contributed by atoms with Crippen molar-refractivity contribution in [1.82, 2.24) is 5.32 Å². The number of ether oxygens (including phenoxy) is 1. The van der Waals surface area contributed by atoms with E-state index in [0.29, 0.717) is 11.6 Å². The lowest BCUT2D eigenvalue weighted by Gasteiger charge is -2.14. The minimum Gasteiger partial charge on any atom is -0.497 e. The quantitative estimate of drug-likeness (QED) is 0.706. The second-order valence-corrected chi connectivity index (χ2v) is 6.48. The number of hydrogen-bond donors (Lipinski definition) is 1. The van der Waals surface area contributed by atoms with Gasteiger partial charge < -0.3 is 10.1 Å². The molecule has 0 fully saturated rings. The average Bonchev–Trinajstić information content (AvgIpc) is 2.64. The second kappa shape index (κ2) is 7.58. The number of fused-ring (bicyclic) bond motifs is 1. The van der Waals surface area contributed by atoms with Crippen molar-refractivity contribution < 1.29 is 9.53 Å². The molecule has 3 nitrogen and oxygen atoms in total. The number of hydrogen-bond acceptors (Lipinski definition) is 2. The van der Waals surface area contributed by atoms with E-state index in [4.69, 9.17) is 16.3 Å². The van der Waals surface area contributed by atoms with Crippen LogP contribution < -0.4 is 10.1 Å². The number of amides is 1. The van der Waals surface area contributed by atoms with Gasteiger partial charge in [-0.25, -0.2) is 0 Å². The predicted octanol–water partition coefficient (Wildman–Crippen LogP) is 4.92. The van der Waals surface area contributed by atoms with Gasteiger partial charge in [0.2, 0.25) is 5.91 Å².